The molecule has 1 fully saturated rings. The summed E-state index contributed by atoms with van der Waals surface area (Å²) in [6.07, 6.45) is 3.44. The third-order valence-corrected chi connectivity index (χ3v) is 3.12. The second-order valence-electron chi connectivity index (χ2n) is 4.81. The Bertz CT molecular complexity index is 397. The van der Waals surface area contributed by atoms with Gasteiger partial charge in [-0.2, -0.15) is 0 Å². The van der Waals surface area contributed by atoms with Gasteiger partial charge in [0.25, 0.3) is 0 Å². The maximum Gasteiger partial charge on any atom is 0.220 e. The van der Waals surface area contributed by atoms with E-state index in [-0.39, 0.29) is 11.4 Å². The summed E-state index contributed by atoms with van der Waals surface area (Å²) >= 11 is 0. The van der Waals surface area contributed by atoms with Gasteiger partial charge in [-0.15, -0.1) is 0 Å². The molecule has 3 heteroatoms. The minimum absolute atomic E-state index is 0.0827. The van der Waals surface area contributed by atoms with Crippen LogP contribution < -0.4 is 11.1 Å². The third kappa shape index (κ3) is 2.75. The molecule has 0 aliphatic heterocycles. The lowest BCUT2D eigenvalue weighted by Gasteiger charge is -2.11. The lowest BCUT2D eigenvalue weighted by Crippen LogP contribution is -2.34. The smallest absolute Gasteiger partial charge is 0.220 e. The SMILES string of the molecule is CC1(NC(=O)CCc2ccccc2N)CC1. The van der Waals surface area contributed by atoms with Crippen molar-refractivity contribution in [1.82, 2.24) is 5.32 Å². The second kappa shape index (κ2) is 4.16. The zero-order valence-corrected chi connectivity index (χ0v) is 9.62. The van der Waals surface area contributed by atoms with Crippen molar-refractivity contribution in [1.29, 1.82) is 0 Å². The molecule has 3 nitrogen and oxygen atoms in total. The fraction of sp³-hybridized carbons (Fsp3) is 0.462. The Hall–Kier alpha value is -1.51. The molecule has 1 amide bonds. The quantitative estimate of drug-likeness (QED) is 0.758. The minimum atomic E-state index is 0.0827. The molecule has 16 heavy (non-hydrogen) atoms. The molecule has 2 rings (SSSR count). The van der Waals surface area contributed by atoms with Crippen LogP contribution in [0.15, 0.2) is 24.3 Å². The standard InChI is InChI=1S/C13H18N2O/c1-13(8-9-13)15-12(16)7-6-10-4-2-3-5-11(10)14/h2-5H,6-9,14H2,1H3,(H,15,16). The van der Waals surface area contributed by atoms with E-state index in [0.717, 1.165) is 24.1 Å². The number of hydrogen-bond acceptors (Lipinski definition) is 2. The van der Waals surface area contributed by atoms with E-state index in [4.69, 9.17) is 5.73 Å². The lowest BCUT2D eigenvalue weighted by atomic mass is 10.1. The fourth-order valence-corrected chi connectivity index (χ4v) is 1.72. The molecular weight excluding hydrogens is 200 g/mol. The molecular formula is C13H18N2O. The molecule has 1 aromatic rings. The fourth-order valence-electron chi connectivity index (χ4n) is 1.72. The largest absolute Gasteiger partial charge is 0.399 e. The molecule has 0 bridgehead atoms. The molecule has 0 atom stereocenters. The third-order valence-electron chi connectivity index (χ3n) is 3.12. The number of anilines is 1. The number of nitrogens with one attached hydrogen (secondary N) is 1. The summed E-state index contributed by atoms with van der Waals surface area (Å²) in [5, 5.41) is 3.04. The van der Waals surface area contributed by atoms with Crippen LogP contribution in [0.2, 0.25) is 0 Å². The normalized spacial score (nSPS) is 16.8. The first-order valence-corrected chi connectivity index (χ1v) is 5.73. The average molecular weight is 218 g/mol. The Balaban J connectivity index is 1.83. The van der Waals surface area contributed by atoms with E-state index in [1.165, 1.54) is 0 Å². The van der Waals surface area contributed by atoms with Gasteiger partial charge in [-0.1, -0.05) is 18.2 Å². The Morgan fingerprint density at radius 2 is 2.12 bits per heavy atom. The average Bonchev–Trinajstić information content (AvgIpc) is 2.95. The van der Waals surface area contributed by atoms with Gasteiger partial charge in [-0.25, -0.2) is 0 Å². The number of carbonyl (C=O) groups excluding carboxylic acids is 1. The highest BCUT2D eigenvalue weighted by molar-refractivity contribution is 5.77. The predicted molar refractivity (Wildman–Crippen MR) is 65.0 cm³/mol. The molecule has 86 valence electrons. The first kappa shape index (κ1) is 11.0. The highest BCUT2D eigenvalue weighted by atomic mass is 16.1. The Morgan fingerprint density at radius 1 is 1.44 bits per heavy atom. The van der Waals surface area contributed by atoms with E-state index in [9.17, 15) is 4.79 Å². The molecule has 1 aliphatic carbocycles. The van der Waals surface area contributed by atoms with Crippen molar-refractivity contribution in [2.45, 2.75) is 38.1 Å². The van der Waals surface area contributed by atoms with Crippen molar-refractivity contribution in [3.05, 3.63) is 29.8 Å². The van der Waals surface area contributed by atoms with Gasteiger partial charge in [0.15, 0.2) is 0 Å². The summed E-state index contributed by atoms with van der Waals surface area (Å²) < 4.78 is 0. The molecule has 3 N–H and O–H groups in total. The summed E-state index contributed by atoms with van der Waals surface area (Å²) in [5.74, 6) is 0.128. The molecule has 1 aliphatic rings. The number of para-hydroxylation sites is 1. The molecule has 0 heterocycles. The van der Waals surface area contributed by atoms with Gasteiger partial charge in [0.2, 0.25) is 5.91 Å². The molecule has 1 aromatic carbocycles. The Morgan fingerprint density at radius 3 is 2.75 bits per heavy atom. The topological polar surface area (TPSA) is 55.1 Å². The highest BCUT2D eigenvalue weighted by Gasteiger charge is 2.38. The van der Waals surface area contributed by atoms with Gasteiger partial charge in [-0.3, -0.25) is 4.79 Å². The predicted octanol–water partition coefficient (Wildman–Crippen LogP) is 1.87. The van der Waals surface area contributed by atoms with Crippen LogP contribution in [-0.4, -0.2) is 11.4 Å². The number of rotatable bonds is 4. The van der Waals surface area contributed by atoms with Crippen molar-refractivity contribution < 1.29 is 4.79 Å². The van der Waals surface area contributed by atoms with Gasteiger partial charge >= 0.3 is 0 Å². The van der Waals surface area contributed by atoms with E-state index >= 15 is 0 Å². The van der Waals surface area contributed by atoms with Gasteiger partial charge < -0.3 is 11.1 Å². The maximum atomic E-state index is 11.6. The number of amides is 1. The summed E-state index contributed by atoms with van der Waals surface area (Å²) in [7, 11) is 0. The van der Waals surface area contributed by atoms with Crippen LogP contribution in [-0.2, 0) is 11.2 Å². The van der Waals surface area contributed by atoms with Gasteiger partial charge in [0, 0.05) is 17.6 Å². The first-order valence-electron chi connectivity index (χ1n) is 5.73. The van der Waals surface area contributed by atoms with Crippen LogP contribution in [0.25, 0.3) is 0 Å². The van der Waals surface area contributed by atoms with E-state index < -0.39 is 0 Å². The van der Waals surface area contributed by atoms with E-state index in [1.54, 1.807) is 0 Å². The Kier molecular flexibility index (Phi) is 2.86. The minimum Gasteiger partial charge on any atom is -0.399 e. The van der Waals surface area contributed by atoms with Crippen LogP contribution >= 0.6 is 0 Å². The molecule has 0 aromatic heterocycles. The zero-order valence-electron chi connectivity index (χ0n) is 9.62. The number of aryl methyl sites for hydroxylation is 1. The van der Waals surface area contributed by atoms with E-state index in [2.05, 4.69) is 12.2 Å². The van der Waals surface area contributed by atoms with Crippen LogP contribution in [0.4, 0.5) is 5.69 Å². The van der Waals surface area contributed by atoms with Gasteiger partial charge in [-0.05, 0) is 37.8 Å². The number of nitrogen functional groups attached to an aromatic ring is 1. The van der Waals surface area contributed by atoms with Crippen molar-refractivity contribution in [3.8, 4) is 0 Å². The maximum absolute atomic E-state index is 11.6. The molecule has 0 saturated heterocycles. The molecule has 1 saturated carbocycles. The van der Waals surface area contributed by atoms with Crippen LogP contribution in [0.5, 0.6) is 0 Å². The van der Waals surface area contributed by atoms with Crippen LogP contribution in [0.3, 0.4) is 0 Å². The highest BCUT2D eigenvalue weighted by Crippen LogP contribution is 2.34. The van der Waals surface area contributed by atoms with Crippen molar-refractivity contribution in [3.63, 3.8) is 0 Å². The van der Waals surface area contributed by atoms with Crippen molar-refractivity contribution in [2.24, 2.45) is 0 Å². The summed E-state index contributed by atoms with van der Waals surface area (Å²) in [6.45, 7) is 2.09. The number of nitrogens with two attached hydrogens (primary N) is 1. The number of carbonyl (C=O) groups is 1. The summed E-state index contributed by atoms with van der Waals surface area (Å²) in [6, 6.07) is 7.70. The van der Waals surface area contributed by atoms with Crippen molar-refractivity contribution >= 4 is 11.6 Å². The summed E-state index contributed by atoms with van der Waals surface area (Å²) in [5.41, 5.74) is 7.72. The van der Waals surface area contributed by atoms with Gasteiger partial charge in [0.1, 0.15) is 0 Å². The van der Waals surface area contributed by atoms with Gasteiger partial charge in [0.05, 0.1) is 0 Å². The molecule has 0 spiro atoms. The monoisotopic (exact) mass is 218 g/mol. The van der Waals surface area contributed by atoms with Crippen molar-refractivity contribution in [2.75, 3.05) is 5.73 Å². The molecule has 0 unspecified atom stereocenters. The van der Waals surface area contributed by atoms with Crippen LogP contribution in [0, 0.1) is 0 Å². The molecule has 0 radical (unpaired) electrons. The van der Waals surface area contributed by atoms with E-state index in [0.29, 0.717) is 12.8 Å². The second-order valence-corrected chi connectivity index (χ2v) is 4.81. The zero-order chi connectivity index (χ0) is 11.6. The lowest BCUT2D eigenvalue weighted by molar-refractivity contribution is -0.121. The van der Waals surface area contributed by atoms with E-state index in [1.807, 2.05) is 24.3 Å². The summed E-state index contributed by atoms with van der Waals surface area (Å²) in [4.78, 5) is 11.6. The Labute approximate surface area is 96.0 Å². The number of hydrogen-bond donors (Lipinski definition) is 2. The number of benzene rings is 1. The first-order chi connectivity index (χ1) is 7.59. The van der Waals surface area contributed by atoms with Crippen LogP contribution in [0.1, 0.15) is 31.7 Å².